The number of rotatable bonds is 7. The Morgan fingerprint density at radius 2 is 1.94 bits per heavy atom. The topological polar surface area (TPSA) is 41.6 Å². The van der Waals surface area contributed by atoms with Crippen molar-refractivity contribution >= 4 is 5.97 Å². The van der Waals surface area contributed by atoms with Crippen LogP contribution in [0.3, 0.4) is 0 Å². The van der Waals surface area contributed by atoms with Crippen molar-refractivity contribution in [3.63, 3.8) is 0 Å². The second-order valence-corrected chi connectivity index (χ2v) is 5.80. The second kappa shape index (κ2) is 7.67. The molecule has 102 valence electrons. The van der Waals surface area contributed by atoms with Crippen molar-refractivity contribution in [3.8, 4) is 0 Å². The van der Waals surface area contributed by atoms with Crippen LogP contribution in [0.25, 0.3) is 0 Å². The van der Waals surface area contributed by atoms with Crippen LogP contribution in [-0.2, 0) is 9.53 Å². The van der Waals surface area contributed by atoms with Crippen LogP contribution in [0.15, 0.2) is 0 Å². The molecule has 0 aromatic carbocycles. The van der Waals surface area contributed by atoms with Crippen LogP contribution in [0.2, 0.25) is 0 Å². The van der Waals surface area contributed by atoms with Crippen molar-refractivity contribution in [1.82, 2.24) is 10.2 Å². The summed E-state index contributed by atoms with van der Waals surface area (Å²) >= 11 is 0. The fourth-order valence-corrected chi connectivity index (χ4v) is 1.32. The van der Waals surface area contributed by atoms with Crippen molar-refractivity contribution < 1.29 is 9.53 Å². The maximum atomic E-state index is 11.7. The Morgan fingerprint density at radius 3 is 2.41 bits per heavy atom. The molecule has 0 aromatic rings. The fraction of sp³-hybridized carbons (Fsp3) is 0.923. The summed E-state index contributed by atoms with van der Waals surface area (Å²) < 4.78 is 5.31. The minimum atomic E-state index is -0.393. The smallest absolute Gasteiger partial charge is 0.310 e. The molecule has 0 heterocycles. The van der Waals surface area contributed by atoms with Crippen molar-refractivity contribution in [2.75, 3.05) is 33.7 Å². The van der Waals surface area contributed by atoms with E-state index in [1.54, 1.807) is 0 Å². The van der Waals surface area contributed by atoms with Gasteiger partial charge in [0, 0.05) is 6.54 Å². The Morgan fingerprint density at radius 1 is 1.35 bits per heavy atom. The Hall–Kier alpha value is -0.610. The number of hydrogen-bond donors (Lipinski definition) is 1. The van der Waals surface area contributed by atoms with Gasteiger partial charge in [0.05, 0.1) is 5.92 Å². The summed E-state index contributed by atoms with van der Waals surface area (Å²) in [7, 11) is 4.12. The zero-order chi connectivity index (χ0) is 13.5. The van der Waals surface area contributed by atoms with E-state index in [0.717, 1.165) is 19.5 Å². The van der Waals surface area contributed by atoms with Crippen molar-refractivity contribution in [1.29, 1.82) is 0 Å². The summed E-state index contributed by atoms with van der Waals surface area (Å²) in [5, 5.41) is 3.28. The molecule has 1 N–H and O–H groups in total. The van der Waals surface area contributed by atoms with E-state index in [2.05, 4.69) is 24.3 Å². The highest BCUT2D eigenvalue weighted by atomic mass is 16.6. The van der Waals surface area contributed by atoms with Crippen molar-refractivity contribution in [2.45, 2.75) is 39.7 Å². The summed E-state index contributed by atoms with van der Waals surface area (Å²) in [6.07, 6.45) is 1.09. The first-order valence-corrected chi connectivity index (χ1v) is 6.30. The molecule has 4 heteroatoms. The normalized spacial score (nSPS) is 13.8. The van der Waals surface area contributed by atoms with E-state index in [-0.39, 0.29) is 11.9 Å². The van der Waals surface area contributed by atoms with Gasteiger partial charge in [-0.2, -0.15) is 0 Å². The van der Waals surface area contributed by atoms with Crippen LogP contribution in [0.5, 0.6) is 0 Å². The van der Waals surface area contributed by atoms with Crippen LogP contribution >= 0.6 is 0 Å². The van der Waals surface area contributed by atoms with Crippen LogP contribution in [0, 0.1) is 5.92 Å². The average molecular weight is 244 g/mol. The van der Waals surface area contributed by atoms with Crippen molar-refractivity contribution in [3.05, 3.63) is 0 Å². The Labute approximate surface area is 106 Å². The van der Waals surface area contributed by atoms with Crippen LogP contribution < -0.4 is 5.32 Å². The molecule has 0 aromatic heterocycles. The number of esters is 1. The highest BCUT2D eigenvalue weighted by molar-refractivity contribution is 5.72. The van der Waals surface area contributed by atoms with E-state index >= 15 is 0 Å². The molecule has 0 rings (SSSR count). The minimum Gasteiger partial charge on any atom is -0.460 e. The SMILES string of the molecule is C[C@H](CNCCCN(C)C)C(=O)OC(C)(C)C. The lowest BCUT2D eigenvalue weighted by atomic mass is 10.1. The number of ether oxygens (including phenoxy) is 1. The molecular weight excluding hydrogens is 216 g/mol. The van der Waals surface area contributed by atoms with Gasteiger partial charge in [0.25, 0.3) is 0 Å². The molecule has 0 aliphatic rings. The summed E-state index contributed by atoms with van der Waals surface area (Å²) in [6.45, 7) is 10.3. The lowest BCUT2D eigenvalue weighted by Crippen LogP contribution is -2.33. The first kappa shape index (κ1) is 16.4. The van der Waals surface area contributed by atoms with Crippen LogP contribution in [0.4, 0.5) is 0 Å². The molecule has 0 aliphatic heterocycles. The Balaban J connectivity index is 3.65. The summed E-state index contributed by atoms with van der Waals surface area (Å²) in [4.78, 5) is 13.8. The first-order chi connectivity index (χ1) is 7.72. The lowest BCUT2D eigenvalue weighted by molar-refractivity contribution is -0.159. The zero-order valence-corrected chi connectivity index (χ0v) is 12.2. The molecule has 0 bridgehead atoms. The van der Waals surface area contributed by atoms with Crippen LogP contribution in [0.1, 0.15) is 34.1 Å². The number of carbonyl (C=O) groups excluding carboxylic acids is 1. The predicted octanol–water partition coefficient (Wildman–Crippen LogP) is 1.51. The van der Waals surface area contributed by atoms with E-state index in [1.165, 1.54) is 0 Å². The van der Waals surface area contributed by atoms with Crippen molar-refractivity contribution in [2.24, 2.45) is 5.92 Å². The highest BCUT2D eigenvalue weighted by Crippen LogP contribution is 2.10. The molecule has 0 amide bonds. The maximum Gasteiger partial charge on any atom is 0.310 e. The van der Waals surface area contributed by atoms with Crippen LogP contribution in [-0.4, -0.2) is 50.2 Å². The molecule has 0 radical (unpaired) electrons. The minimum absolute atomic E-state index is 0.0893. The lowest BCUT2D eigenvalue weighted by Gasteiger charge is -2.22. The molecule has 0 fully saturated rings. The van der Waals surface area contributed by atoms with Gasteiger partial charge in [-0.05, 0) is 54.4 Å². The van der Waals surface area contributed by atoms with Gasteiger partial charge in [-0.25, -0.2) is 0 Å². The number of nitrogens with zero attached hydrogens (tertiary/aromatic N) is 1. The quantitative estimate of drug-likeness (QED) is 0.544. The van der Waals surface area contributed by atoms with E-state index in [0.29, 0.717) is 6.54 Å². The zero-order valence-electron chi connectivity index (χ0n) is 12.2. The molecule has 0 saturated carbocycles. The van der Waals surface area contributed by atoms with E-state index in [9.17, 15) is 4.79 Å². The first-order valence-electron chi connectivity index (χ1n) is 6.30. The summed E-state index contributed by atoms with van der Waals surface area (Å²) in [5.74, 6) is -0.216. The number of hydrogen-bond acceptors (Lipinski definition) is 4. The summed E-state index contributed by atoms with van der Waals surface area (Å²) in [5.41, 5.74) is -0.393. The average Bonchev–Trinajstić information content (AvgIpc) is 2.13. The largest absolute Gasteiger partial charge is 0.460 e. The highest BCUT2D eigenvalue weighted by Gasteiger charge is 2.21. The van der Waals surface area contributed by atoms with Gasteiger partial charge in [0.1, 0.15) is 5.60 Å². The monoisotopic (exact) mass is 244 g/mol. The molecule has 1 atom stereocenters. The molecule has 0 saturated heterocycles. The molecule has 0 spiro atoms. The van der Waals surface area contributed by atoms with E-state index in [1.807, 2.05) is 27.7 Å². The van der Waals surface area contributed by atoms with Gasteiger partial charge in [0.15, 0.2) is 0 Å². The molecule has 4 nitrogen and oxygen atoms in total. The van der Waals surface area contributed by atoms with E-state index in [4.69, 9.17) is 4.74 Å². The number of carbonyl (C=O) groups is 1. The summed E-state index contributed by atoms with van der Waals surface area (Å²) in [6, 6.07) is 0. The standard InChI is InChI=1S/C13H28N2O2/c1-11(12(16)17-13(2,3)4)10-14-8-7-9-15(5)6/h11,14H,7-10H2,1-6H3/t11-/m1/s1. The predicted molar refractivity (Wildman–Crippen MR) is 71.0 cm³/mol. The Kier molecular flexibility index (Phi) is 7.39. The van der Waals surface area contributed by atoms with Gasteiger partial charge in [0.2, 0.25) is 0 Å². The third-order valence-corrected chi connectivity index (χ3v) is 2.22. The maximum absolute atomic E-state index is 11.7. The number of nitrogens with one attached hydrogen (secondary N) is 1. The Bertz CT molecular complexity index is 222. The third-order valence-electron chi connectivity index (χ3n) is 2.22. The van der Waals surface area contributed by atoms with Gasteiger partial charge in [-0.1, -0.05) is 6.92 Å². The molecule has 0 unspecified atom stereocenters. The third kappa shape index (κ3) is 10.3. The van der Waals surface area contributed by atoms with Gasteiger partial charge < -0.3 is 15.0 Å². The fourth-order valence-electron chi connectivity index (χ4n) is 1.32. The van der Waals surface area contributed by atoms with E-state index < -0.39 is 5.60 Å². The van der Waals surface area contributed by atoms with Gasteiger partial charge in [-0.3, -0.25) is 4.79 Å². The second-order valence-electron chi connectivity index (χ2n) is 5.80. The van der Waals surface area contributed by atoms with Gasteiger partial charge in [-0.15, -0.1) is 0 Å². The molecular formula is C13H28N2O2. The van der Waals surface area contributed by atoms with Gasteiger partial charge >= 0.3 is 5.97 Å². The molecule has 0 aliphatic carbocycles. The molecule has 17 heavy (non-hydrogen) atoms.